The summed E-state index contributed by atoms with van der Waals surface area (Å²) in [6, 6.07) is 8.71. The summed E-state index contributed by atoms with van der Waals surface area (Å²) < 4.78 is 1.15. The van der Waals surface area contributed by atoms with E-state index in [4.69, 9.17) is 4.98 Å². The molecule has 5 heteroatoms. The van der Waals surface area contributed by atoms with Crippen LogP contribution in [0.4, 0.5) is 0 Å². The Balaban J connectivity index is 2.04. The van der Waals surface area contributed by atoms with Crippen LogP contribution in [0.15, 0.2) is 33.6 Å². The van der Waals surface area contributed by atoms with E-state index in [0.717, 1.165) is 22.5 Å². The lowest BCUT2D eigenvalue weighted by Crippen LogP contribution is -2.17. The normalized spacial score (nSPS) is 12.6. The molecule has 1 heterocycles. The van der Waals surface area contributed by atoms with Crippen molar-refractivity contribution in [2.75, 3.05) is 6.54 Å². The van der Waals surface area contributed by atoms with Crippen molar-refractivity contribution < 1.29 is 0 Å². The maximum Gasteiger partial charge on any atom is 0.103 e. The zero-order valence-electron chi connectivity index (χ0n) is 11.9. The highest BCUT2D eigenvalue weighted by Gasteiger charge is 2.13. The molecule has 0 fully saturated rings. The van der Waals surface area contributed by atoms with Gasteiger partial charge in [0.05, 0.1) is 11.4 Å². The smallest absolute Gasteiger partial charge is 0.103 e. The fourth-order valence-electron chi connectivity index (χ4n) is 2.03. The minimum Gasteiger partial charge on any atom is -0.310 e. The van der Waals surface area contributed by atoms with Crippen molar-refractivity contribution in [2.45, 2.75) is 37.5 Å². The van der Waals surface area contributed by atoms with Gasteiger partial charge < -0.3 is 5.32 Å². The van der Waals surface area contributed by atoms with Crippen molar-refractivity contribution in [3.8, 4) is 0 Å². The molecule has 1 aromatic carbocycles. The monoisotopic (exact) mass is 370 g/mol. The second-order valence-electron chi connectivity index (χ2n) is 4.56. The Morgan fingerprint density at radius 2 is 2.15 bits per heavy atom. The molecule has 1 N–H and O–H groups in total. The molecule has 2 nitrogen and oxygen atoms in total. The molecule has 0 radical (unpaired) electrons. The zero-order valence-corrected chi connectivity index (χ0v) is 15.2. The van der Waals surface area contributed by atoms with Crippen molar-refractivity contribution in [3.05, 3.63) is 44.3 Å². The van der Waals surface area contributed by atoms with E-state index >= 15 is 0 Å². The van der Waals surface area contributed by atoms with Gasteiger partial charge in [0.25, 0.3) is 0 Å². The van der Waals surface area contributed by atoms with Crippen LogP contribution in [0.25, 0.3) is 0 Å². The molecule has 20 heavy (non-hydrogen) atoms. The Labute approximate surface area is 137 Å². The summed E-state index contributed by atoms with van der Waals surface area (Å²) >= 11 is 7.24. The molecule has 0 spiro atoms. The fourth-order valence-corrected chi connectivity index (χ4v) is 4.68. The number of nitrogens with one attached hydrogen (secondary N) is 1. The lowest BCUT2D eigenvalue weighted by atomic mass is 10.2. The summed E-state index contributed by atoms with van der Waals surface area (Å²) in [6.45, 7) is 7.43. The highest BCUT2D eigenvalue weighted by molar-refractivity contribution is 9.10. The predicted molar refractivity (Wildman–Crippen MR) is 92.6 cm³/mol. The van der Waals surface area contributed by atoms with E-state index in [2.05, 4.69) is 60.2 Å². The molecule has 0 amide bonds. The molecule has 0 aliphatic rings. The number of rotatable bonds is 6. The van der Waals surface area contributed by atoms with Gasteiger partial charge in [-0.2, -0.15) is 0 Å². The average Bonchev–Trinajstić information content (AvgIpc) is 2.79. The lowest BCUT2D eigenvalue weighted by Gasteiger charge is -2.09. The Morgan fingerprint density at radius 3 is 2.85 bits per heavy atom. The second kappa shape index (κ2) is 7.59. The van der Waals surface area contributed by atoms with Gasteiger partial charge in [-0.05, 0) is 48.5 Å². The third kappa shape index (κ3) is 4.07. The summed E-state index contributed by atoms with van der Waals surface area (Å²) in [4.78, 5) is 7.32. The van der Waals surface area contributed by atoms with Crippen LogP contribution in [0.2, 0.25) is 0 Å². The van der Waals surface area contributed by atoms with Crippen LogP contribution in [0, 0.1) is 6.92 Å². The molecule has 2 aromatic rings. The number of thioether (sulfide) groups is 1. The van der Waals surface area contributed by atoms with Crippen molar-refractivity contribution in [3.63, 3.8) is 0 Å². The first-order valence-corrected chi connectivity index (χ1v) is 9.28. The van der Waals surface area contributed by atoms with E-state index in [0.29, 0.717) is 6.04 Å². The lowest BCUT2D eigenvalue weighted by molar-refractivity contribution is 0.603. The van der Waals surface area contributed by atoms with Crippen LogP contribution < -0.4 is 5.32 Å². The number of aromatic nitrogens is 1. The molecule has 2 rings (SSSR count). The van der Waals surface area contributed by atoms with Gasteiger partial charge in [0.15, 0.2) is 0 Å². The average molecular weight is 371 g/mol. The summed E-state index contributed by atoms with van der Waals surface area (Å²) in [5.74, 6) is 0.924. The second-order valence-corrected chi connectivity index (χ2v) is 7.54. The topological polar surface area (TPSA) is 24.9 Å². The fraction of sp³-hybridized carbons (Fsp3) is 0.400. The highest BCUT2D eigenvalue weighted by atomic mass is 79.9. The maximum absolute atomic E-state index is 4.70. The van der Waals surface area contributed by atoms with Gasteiger partial charge in [-0.25, -0.2) is 4.98 Å². The first-order valence-electron chi connectivity index (χ1n) is 6.68. The first kappa shape index (κ1) is 16.0. The van der Waals surface area contributed by atoms with E-state index in [1.165, 1.54) is 14.8 Å². The highest BCUT2D eigenvalue weighted by Crippen LogP contribution is 2.32. The molecule has 0 aliphatic heterocycles. The third-order valence-corrected chi connectivity index (χ3v) is 6.53. The summed E-state index contributed by atoms with van der Waals surface area (Å²) in [5.41, 5.74) is 1.16. The number of aryl methyl sites for hydroxylation is 1. The van der Waals surface area contributed by atoms with E-state index < -0.39 is 0 Å². The number of nitrogens with zero attached hydrogens (tertiary/aromatic N) is 1. The SMILES string of the molecule is CCNC(C)c1sc(CSc2ccccc2Br)nc1C. The third-order valence-electron chi connectivity index (χ3n) is 2.97. The van der Waals surface area contributed by atoms with Gasteiger partial charge in [0.2, 0.25) is 0 Å². The van der Waals surface area contributed by atoms with Crippen LogP contribution in [0.5, 0.6) is 0 Å². The quantitative estimate of drug-likeness (QED) is 0.709. The number of benzene rings is 1. The van der Waals surface area contributed by atoms with E-state index in [1.807, 2.05) is 29.2 Å². The van der Waals surface area contributed by atoms with Gasteiger partial charge in [-0.1, -0.05) is 19.1 Å². The van der Waals surface area contributed by atoms with Crippen LogP contribution in [-0.2, 0) is 5.75 Å². The standard InChI is InChI=1S/C15H19BrN2S2/c1-4-17-10(2)15-11(3)18-14(20-15)9-19-13-8-6-5-7-12(13)16/h5-8,10,17H,4,9H2,1-3H3. The van der Waals surface area contributed by atoms with E-state index in [-0.39, 0.29) is 0 Å². The Bertz CT molecular complexity index is 569. The summed E-state index contributed by atoms with van der Waals surface area (Å²) in [5, 5.41) is 4.65. The minimum absolute atomic E-state index is 0.389. The number of hydrogen-bond donors (Lipinski definition) is 1. The van der Waals surface area contributed by atoms with Crippen molar-refractivity contribution in [1.82, 2.24) is 10.3 Å². The molecule has 0 saturated heterocycles. The van der Waals surface area contributed by atoms with E-state index in [9.17, 15) is 0 Å². The van der Waals surface area contributed by atoms with Crippen LogP contribution in [0.1, 0.15) is 35.5 Å². The van der Waals surface area contributed by atoms with Gasteiger partial charge in [-0.15, -0.1) is 23.1 Å². The predicted octanol–water partition coefficient (Wildman–Crippen LogP) is 5.18. The Hall–Kier alpha value is -0.360. The summed E-state index contributed by atoms with van der Waals surface area (Å²) in [6.07, 6.45) is 0. The van der Waals surface area contributed by atoms with Crippen LogP contribution >= 0.6 is 39.0 Å². The van der Waals surface area contributed by atoms with Gasteiger partial charge in [-0.3, -0.25) is 0 Å². The van der Waals surface area contributed by atoms with Crippen molar-refractivity contribution in [2.24, 2.45) is 0 Å². The molecule has 0 bridgehead atoms. The molecular weight excluding hydrogens is 352 g/mol. The molecule has 0 aliphatic carbocycles. The van der Waals surface area contributed by atoms with Gasteiger partial charge in [0, 0.05) is 20.3 Å². The molecule has 1 aromatic heterocycles. The van der Waals surface area contributed by atoms with Gasteiger partial charge in [0.1, 0.15) is 5.01 Å². The first-order chi connectivity index (χ1) is 9.61. The van der Waals surface area contributed by atoms with Crippen LogP contribution in [0.3, 0.4) is 0 Å². The number of hydrogen-bond acceptors (Lipinski definition) is 4. The maximum atomic E-state index is 4.70. The zero-order chi connectivity index (χ0) is 14.5. The Kier molecular flexibility index (Phi) is 6.08. The molecule has 1 unspecified atom stereocenters. The molecule has 108 valence electrons. The molecule has 1 atom stereocenters. The largest absolute Gasteiger partial charge is 0.310 e. The van der Waals surface area contributed by atoms with Crippen molar-refractivity contribution >= 4 is 39.0 Å². The number of halogens is 1. The molecule has 0 saturated carbocycles. The molecular formula is C15H19BrN2S2. The van der Waals surface area contributed by atoms with E-state index in [1.54, 1.807) is 0 Å². The minimum atomic E-state index is 0.389. The summed E-state index contributed by atoms with van der Waals surface area (Å²) in [7, 11) is 0. The van der Waals surface area contributed by atoms with Crippen LogP contribution in [-0.4, -0.2) is 11.5 Å². The number of thiazole rings is 1. The van der Waals surface area contributed by atoms with Crippen molar-refractivity contribution in [1.29, 1.82) is 0 Å². The van der Waals surface area contributed by atoms with Gasteiger partial charge >= 0.3 is 0 Å². The Morgan fingerprint density at radius 1 is 1.40 bits per heavy atom.